The second kappa shape index (κ2) is 5.64. The Hall–Kier alpha value is -0.500. The third kappa shape index (κ3) is 2.90. The van der Waals surface area contributed by atoms with E-state index in [-0.39, 0.29) is 4.83 Å². The van der Waals surface area contributed by atoms with Crippen molar-refractivity contribution in [2.75, 3.05) is 0 Å². The van der Waals surface area contributed by atoms with Gasteiger partial charge in [-0.3, -0.25) is 0 Å². The Morgan fingerprint density at radius 3 is 2.33 bits per heavy atom. The molecule has 0 N–H and O–H groups in total. The smallest absolute Gasteiger partial charge is 0.0647 e. The molecule has 18 heavy (non-hydrogen) atoms. The van der Waals surface area contributed by atoms with Crippen LogP contribution in [-0.4, -0.2) is 0 Å². The van der Waals surface area contributed by atoms with E-state index in [1.165, 1.54) is 16.7 Å². The molecule has 0 amide bonds. The Labute approximate surface area is 126 Å². The fourth-order valence-electron chi connectivity index (χ4n) is 1.88. The maximum absolute atomic E-state index is 6.06. The Bertz CT molecular complexity index is 579. The number of aryl methyl sites for hydroxylation is 2. The van der Waals surface area contributed by atoms with Crippen molar-refractivity contribution in [3.05, 3.63) is 68.7 Å². The summed E-state index contributed by atoms with van der Waals surface area (Å²) in [6.07, 6.45) is 0. The lowest BCUT2D eigenvalue weighted by Crippen LogP contribution is -1.96. The molecule has 2 rings (SSSR count). The van der Waals surface area contributed by atoms with Gasteiger partial charge in [0, 0.05) is 0 Å². The lowest BCUT2D eigenvalue weighted by Gasteiger charge is -2.15. The van der Waals surface area contributed by atoms with Gasteiger partial charge < -0.3 is 0 Å². The monoisotopic (exact) mass is 342 g/mol. The summed E-state index contributed by atoms with van der Waals surface area (Å²) in [5.74, 6) is 0. The van der Waals surface area contributed by atoms with Crippen molar-refractivity contribution in [3.63, 3.8) is 0 Å². The topological polar surface area (TPSA) is 0 Å². The third-order valence-corrected chi connectivity index (χ3v) is 4.71. The van der Waals surface area contributed by atoms with E-state index >= 15 is 0 Å². The van der Waals surface area contributed by atoms with Crippen LogP contribution in [0.4, 0.5) is 0 Å². The quantitative estimate of drug-likeness (QED) is 0.578. The predicted octanol–water partition coefficient (Wildman–Crippen LogP) is 6.09. The van der Waals surface area contributed by atoms with Gasteiger partial charge in [-0.15, -0.1) is 0 Å². The number of hydrogen-bond acceptors (Lipinski definition) is 0. The minimum Gasteiger partial charge on any atom is -0.0827 e. The van der Waals surface area contributed by atoms with Crippen molar-refractivity contribution in [3.8, 4) is 0 Å². The molecule has 0 bridgehead atoms. The van der Waals surface area contributed by atoms with Crippen LogP contribution in [-0.2, 0) is 0 Å². The summed E-state index contributed by atoms with van der Waals surface area (Å²) in [5.41, 5.74) is 4.88. The van der Waals surface area contributed by atoms with Gasteiger partial charge in [0.1, 0.15) is 0 Å². The normalized spacial score (nSPS) is 12.5. The van der Waals surface area contributed by atoms with Crippen molar-refractivity contribution in [1.82, 2.24) is 0 Å². The fourth-order valence-corrected chi connectivity index (χ4v) is 2.97. The summed E-state index contributed by atoms with van der Waals surface area (Å²) >= 11 is 15.7. The van der Waals surface area contributed by atoms with Gasteiger partial charge in [0.15, 0.2) is 0 Å². The van der Waals surface area contributed by atoms with Crippen LogP contribution < -0.4 is 0 Å². The molecule has 0 heterocycles. The highest BCUT2D eigenvalue weighted by molar-refractivity contribution is 9.09. The van der Waals surface area contributed by atoms with Gasteiger partial charge >= 0.3 is 0 Å². The van der Waals surface area contributed by atoms with Crippen LogP contribution in [0, 0.1) is 13.8 Å². The van der Waals surface area contributed by atoms with Crippen LogP contribution in [0.3, 0.4) is 0 Å². The summed E-state index contributed by atoms with van der Waals surface area (Å²) in [7, 11) is 0. The molecule has 1 atom stereocenters. The molecular weight excluding hydrogens is 331 g/mol. The van der Waals surface area contributed by atoms with Gasteiger partial charge in [-0.05, 0) is 42.7 Å². The van der Waals surface area contributed by atoms with Gasteiger partial charge in [0.05, 0.1) is 14.9 Å². The van der Waals surface area contributed by atoms with Gasteiger partial charge in [0.2, 0.25) is 0 Å². The van der Waals surface area contributed by atoms with Crippen LogP contribution in [0.5, 0.6) is 0 Å². The molecule has 0 spiro atoms. The second-order valence-corrected chi connectivity index (χ2v) is 6.13. The van der Waals surface area contributed by atoms with Crippen LogP contribution in [0.15, 0.2) is 36.4 Å². The molecule has 0 aromatic heterocycles. The summed E-state index contributed by atoms with van der Waals surface area (Å²) in [5, 5.41) is 1.17. The molecule has 0 fully saturated rings. The number of benzene rings is 2. The molecule has 2 aromatic rings. The first-order chi connectivity index (χ1) is 8.49. The largest absolute Gasteiger partial charge is 0.0827 e. The summed E-state index contributed by atoms with van der Waals surface area (Å²) in [6, 6.07) is 12.2. The van der Waals surface area contributed by atoms with E-state index in [2.05, 4.69) is 48.0 Å². The van der Waals surface area contributed by atoms with Gasteiger partial charge in [-0.1, -0.05) is 69.0 Å². The molecule has 0 saturated carbocycles. The summed E-state index contributed by atoms with van der Waals surface area (Å²) < 4.78 is 0. The van der Waals surface area contributed by atoms with Crippen molar-refractivity contribution < 1.29 is 0 Å². The average Bonchev–Trinajstić information content (AvgIpc) is 2.35. The van der Waals surface area contributed by atoms with Crippen LogP contribution in [0.1, 0.15) is 27.1 Å². The first-order valence-electron chi connectivity index (χ1n) is 5.65. The average molecular weight is 344 g/mol. The summed E-state index contributed by atoms with van der Waals surface area (Å²) in [6.45, 7) is 4.21. The number of alkyl halides is 1. The van der Waals surface area contributed by atoms with Crippen molar-refractivity contribution in [1.29, 1.82) is 0 Å². The highest BCUT2D eigenvalue weighted by Crippen LogP contribution is 2.36. The molecule has 0 radical (unpaired) electrons. The van der Waals surface area contributed by atoms with E-state index in [1.807, 2.05) is 18.2 Å². The second-order valence-electron chi connectivity index (χ2n) is 4.40. The Kier molecular flexibility index (Phi) is 4.37. The first-order valence-corrected chi connectivity index (χ1v) is 7.32. The number of rotatable bonds is 2. The Morgan fingerprint density at radius 2 is 1.67 bits per heavy atom. The predicted molar refractivity (Wildman–Crippen MR) is 83.1 cm³/mol. The Morgan fingerprint density at radius 1 is 0.944 bits per heavy atom. The van der Waals surface area contributed by atoms with Crippen LogP contribution >= 0.6 is 39.1 Å². The lowest BCUT2D eigenvalue weighted by atomic mass is 9.98. The minimum absolute atomic E-state index is 0.132. The molecule has 0 aliphatic rings. The van der Waals surface area contributed by atoms with E-state index in [1.54, 1.807) is 0 Å². The summed E-state index contributed by atoms with van der Waals surface area (Å²) in [4.78, 5) is 0.132. The maximum Gasteiger partial charge on any atom is 0.0647 e. The highest BCUT2D eigenvalue weighted by atomic mass is 79.9. The molecular formula is C15H13BrCl2. The van der Waals surface area contributed by atoms with Gasteiger partial charge in [0.25, 0.3) is 0 Å². The first kappa shape index (κ1) is 13.9. The zero-order chi connectivity index (χ0) is 13.3. The molecule has 1 unspecified atom stereocenters. The van der Waals surface area contributed by atoms with E-state index in [0.29, 0.717) is 10.0 Å². The molecule has 2 aromatic carbocycles. The van der Waals surface area contributed by atoms with Crippen molar-refractivity contribution >= 4 is 39.1 Å². The van der Waals surface area contributed by atoms with Crippen LogP contribution in [0.25, 0.3) is 0 Å². The highest BCUT2D eigenvalue weighted by Gasteiger charge is 2.14. The van der Waals surface area contributed by atoms with Gasteiger partial charge in [-0.25, -0.2) is 0 Å². The van der Waals surface area contributed by atoms with Gasteiger partial charge in [-0.2, -0.15) is 0 Å². The number of halogens is 3. The molecule has 0 aliphatic heterocycles. The number of hydrogen-bond donors (Lipinski definition) is 0. The van der Waals surface area contributed by atoms with E-state index in [4.69, 9.17) is 23.2 Å². The van der Waals surface area contributed by atoms with Crippen molar-refractivity contribution in [2.24, 2.45) is 0 Å². The standard InChI is InChI=1S/C15H13BrCl2/c1-9-3-4-10(2)12(7-9)15(16)11-5-6-13(17)14(18)8-11/h3-8,15H,1-2H3. The SMILES string of the molecule is Cc1ccc(C)c(C(Br)c2ccc(Cl)c(Cl)c2)c1. The maximum atomic E-state index is 6.06. The Balaban J connectivity index is 2.44. The molecule has 94 valence electrons. The molecule has 0 aliphatic carbocycles. The van der Waals surface area contributed by atoms with E-state index in [0.717, 1.165) is 5.56 Å². The minimum atomic E-state index is 0.132. The zero-order valence-electron chi connectivity index (χ0n) is 10.2. The molecule has 3 heteroatoms. The van der Waals surface area contributed by atoms with E-state index < -0.39 is 0 Å². The third-order valence-electron chi connectivity index (χ3n) is 2.94. The van der Waals surface area contributed by atoms with Crippen molar-refractivity contribution in [2.45, 2.75) is 18.7 Å². The fraction of sp³-hybridized carbons (Fsp3) is 0.200. The molecule has 0 nitrogen and oxygen atoms in total. The lowest BCUT2D eigenvalue weighted by molar-refractivity contribution is 1.13. The zero-order valence-corrected chi connectivity index (χ0v) is 13.3. The molecule has 0 saturated heterocycles. The van der Waals surface area contributed by atoms with Crippen LogP contribution in [0.2, 0.25) is 10.0 Å². The van der Waals surface area contributed by atoms with E-state index in [9.17, 15) is 0 Å².